The van der Waals surface area contributed by atoms with Crippen molar-refractivity contribution in [2.75, 3.05) is 36.4 Å². The van der Waals surface area contributed by atoms with Gasteiger partial charge in [-0.25, -0.2) is 14.2 Å². The fourth-order valence-electron chi connectivity index (χ4n) is 2.31. The first-order chi connectivity index (χ1) is 11.2. The van der Waals surface area contributed by atoms with E-state index in [0.29, 0.717) is 31.3 Å². The second-order valence-corrected chi connectivity index (χ2v) is 6.16. The molecule has 0 spiro atoms. The molecule has 2 amide bonds. The van der Waals surface area contributed by atoms with Gasteiger partial charge in [0.15, 0.2) is 0 Å². The molecule has 1 N–H and O–H groups in total. The Balaban J connectivity index is 1.53. The van der Waals surface area contributed by atoms with Crippen LogP contribution in [0.3, 0.4) is 0 Å². The number of carbonyl (C=O) groups excluding carboxylic acids is 1. The molecule has 1 saturated heterocycles. The number of aromatic nitrogens is 3. The molecule has 0 bridgehead atoms. The van der Waals surface area contributed by atoms with Gasteiger partial charge in [-0.1, -0.05) is 18.3 Å². The molecule has 1 fully saturated rings. The highest BCUT2D eigenvalue weighted by Gasteiger charge is 2.22. The molecule has 1 aliphatic rings. The van der Waals surface area contributed by atoms with E-state index < -0.39 is 0 Å². The molecule has 9 heteroatoms. The number of anilines is 2. The highest BCUT2D eigenvalue weighted by Crippen LogP contribution is 2.17. The van der Waals surface area contributed by atoms with E-state index in [0.717, 1.165) is 17.2 Å². The zero-order chi connectivity index (χ0) is 16.2. The maximum atomic E-state index is 12.9. The second-order valence-electron chi connectivity index (χ2n) is 5.09. The third kappa shape index (κ3) is 3.73. The van der Waals surface area contributed by atoms with Crippen molar-refractivity contribution in [1.29, 1.82) is 0 Å². The summed E-state index contributed by atoms with van der Waals surface area (Å²) in [6.07, 6.45) is 2.01. The van der Waals surface area contributed by atoms with Crippen molar-refractivity contribution < 1.29 is 9.18 Å². The van der Waals surface area contributed by atoms with Gasteiger partial charge in [0, 0.05) is 26.2 Å². The van der Waals surface area contributed by atoms with Crippen LogP contribution in [0.4, 0.5) is 20.1 Å². The molecule has 0 aliphatic carbocycles. The van der Waals surface area contributed by atoms with Gasteiger partial charge in [0.1, 0.15) is 16.6 Å². The van der Waals surface area contributed by atoms with E-state index in [-0.39, 0.29) is 11.8 Å². The predicted molar refractivity (Wildman–Crippen MR) is 86.3 cm³/mol. The van der Waals surface area contributed by atoms with Gasteiger partial charge in [-0.15, -0.1) is 10.2 Å². The quantitative estimate of drug-likeness (QED) is 0.928. The molecule has 2 aromatic rings. The maximum Gasteiger partial charge on any atom is 0.323 e. The van der Waals surface area contributed by atoms with Gasteiger partial charge in [0.25, 0.3) is 0 Å². The molecule has 0 aromatic carbocycles. The van der Waals surface area contributed by atoms with Crippen molar-refractivity contribution in [2.45, 2.75) is 13.3 Å². The summed E-state index contributed by atoms with van der Waals surface area (Å²) in [6.45, 7) is 4.45. The zero-order valence-electron chi connectivity index (χ0n) is 12.7. The monoisotopic (exact) mass is 336 g/mol. The van der Waals surface area contributed by atoms with Gasteiger partial charge in [-0.3, -0.25) is 5.32 Å². The molecular weight excluding hydrogens is 319 g/mol. The standard InChI is InChI=1S/C14H17FN6OS/c1-2-12-18-19-13(23-12)17-14(22)21-7-5-20(6-8-21)11-4-3-10(15)9-16-11/h3-4,9H,2,5-8H2,1H3,(H,17,19,22). The topological polar surface area (TPSA) is 74.2 Å². The highest BCUT2D eigenvalue weighted by atomic mass is 32.1. The Kier molecular flexibility index (Phi) is 4.65. The van der Waals surface area contributed by atoms with Crippen molar-refractivity contribution in [1.82, 2.24) is 20.1 Å². The van der Waals surface area contributed by atoms with Crippen LogP contribution in [0.2, 0.25) is 0 Å². The lowest BCUT2D eigenvalue weighted by atomic mass is 10.3. The molecule has 7 nitrogen and oxygen atoms in total. The van der Waals surface area contributed by atoms with Gasteiger partial charge < -0.3 is 9.80 Å². The number of nitrogens with zero attached hydrogens (tertiary/aromatic N) is 5. The number of hydrogen-bond acceptors (Lipinski definition) is 6. The Bertz CT molecular complexity index is 668. The minimum absolute atomic E-state index is 0.171. The molecule has 3 rings (SSSR count). The van der Waals surface area contributed by atoms with Crippen LogP contribution in [-0.2, 0) is 6.42 Å². The number of carbonyl (C=O) groups is 1. The summed E-state index contributed by atoms with van der Waals surface area (Å²) in [4.78, 5) is 20.1. The summed E-state index contributed by atoms with van der Waals surface area (Å²) in [5.41, 5.74) is 0. The number of rotatable bonds is 3. The van der Waals surface area contributed by atoms with Crippen molar-refractivity contribution in [3.63, 3.8) is 0 Å². The third-order valence-corrected chi connectivity index (χ3v) is 4.57. The first-order valence-corrected chi connectivity index (χ1v) is 8.22. The molecule has 122 valence electrons. The molecule has 0 saturated carbocycles. The van der Waals surface area contributed by atoms with E-state index in [1.807, 2.05) is 11.8 Å². The van der Waals surface area contributed by atoms with E-state index in [9.17, 15) is 9.18 Å². The Morgan fingerprint density at radius 3 is 2.70 bits per heavy atom. The van der Waals surface area contributed by atoms with Gasteiger partial charge in [0.2, 0.25) is 5.13 Å². The van der Waals surface area contributed by atoms with Crippen molar-refractivity contribution in [2.24, 2.45) is 0 Å². The average molecular weight is 336 g/mol. The Morgan fingerprint density at radius 2 is 2.09 bits per heavy atom. The van der Waals surface area contributed by atoms with Crippen LogP contribution in [0, 0.1) is 5.82 Å². The Hall–Kier alpha value is -2.29. The molecule has 0 radical (unpaired) electrons. The molecule has 2 aromatic heterocycles. The van der Waals surface area contributed by atoms with E-state index in [4.69, 9.17) is 0 Å². The number of nitrogens with one attached hydrogen (secondary N) is 1. The average Bonchev–Trinajstić information content (AvgIpc) is 3.03. The lowest BCUT2D eigenvalue weighted by Crippen LogP contribution is -2.50. The largest absolute Gasteiger partial charge is 0.353 e. The van der Waals surface area contributed by atoms with E-state index >= 15 is 0 Å². The second kappa shape index (κ2) is 6.86. The van der Waals surface area contributed by atoms with Crippen molar-refractivity contribution >= 4 is 28.3 Å². The predicted octanol–water partition coefficient (Wildman–Crippen LogP) is 1.99. The lowest BCUT2D eigenvalue weighted by molar-refractivity contribution is 0.208. The van der Waals surface area contributed by atoms with Crippen molar-refractivity contribution in [3.05, 3.63) is 29.2 Å². The van der Waals surface area contributed by atoms with Crippen LogP contribution in [0.1, 0.15) is 11.9 Å². The lowest BCUT2D eigenvalue weighted by Gasteiger charge is -2.35. The molecule has 3 heterocycles. The minimum atomic E-state index is -0.352. The molecule has 23 heavy (non-hydrogen) atoms. The normalized spacial score (nSPS) is 14.9. The molecule has 0 atom stereocenters. The van der Waals surface area contributed by atoms with Crippen molar-refractivity contribution in [3.8, 4) is 0 Å². The molecule has 1 aliphatic heterocycles. The number of urea groups is 1. The van der Waals surface area contributed by atoms with Crippen LogP contribution in [0.25, 0.3) is 0 Å². The van der Waals surface area contributed by atoms with Gasteiger partial charge in [-0.2, -0.15) is 0 Å². The fourth-order valence-corrected chi connectivity index (χ4v) is 2.98. The van der Waals surface area contributed by atoms with Crippen LogP contribution < -0.4 is 10.2 Å². The first kappa shape index (κ1) is 15.6. The number of halogens is 1. The van der Waals surface area contributed by atoms with E-state index in [1.165, 1.54) is 23.6 Å². The van der Waals surface area contributed by atoms with E-state index in [2.05, 4.69) is 20.5 Å². The summed E-state index contributed by atoms with van der Waals surface area (Å²) in [6, 6.07) is 2.87. The van der Waals surface area contributed by atoms with Crippen LogP contribution in [0.5, 0.6) is 0 Å². The number of hydrogen-bond donors (Lipinski definition) is 1. The SMILES string of the molecule is CCc1nnc(NC(=O)N2CCN(c3ccc(F)cn3)CC2)s1. The number of piperazine rings is 1. The summed E-state index contributed by atoms with van der Waals surface area (Å²) in [5.74, 6) is 0.374. The van der Waals surface area contributed by atoms with Gasteiger partial charge >= 0.3 is 6.03 Å². The number of amides is 2. The molecular formula is C14H17FN6OS. The zero-order valence-corrected chi connectivity index (χ0v) is 13.5. The van der Waals surface area contributed by atoms with Crippen LogP contribution >= 0.6 is 11.3 Å². The van der Waals surface area contributed by atoms with Crippen LogP contribution in [0.15, 0.2) is 18.3 Å². The fraction of sp³-hybridized carbons (Fsp3) is 0.429. The van der Waals surface area contributed by atoms with E-state index in [1.54, 1.807) is 11.0 Å². The first-order valence-electron chi connectivity index (χ1n) is 7.40. The third-order valence-electron chi connectivity index (χ3n) is 3.59. The smallest absolute Gasteiger partial charge is 0.323 e. The summed E-state index contributed by atoms with van der Waals surface area (Å²) < 4.78 is 12.9. The minimum Gasteiger partial charge on any atom is -0.353 e. The van der Waals surface area contributed by atoms with Crippen LogP contribution in [-0.4, -0.2) is 52.3 Å². The van der Waals surface area contributed by atoms with Gasteiger partial charge in [-0.05, 0) is 18.6 Å². The highest BCUT2D eigenvalue weighted by molar-refractivity contribution is 7.15. The summed E-state index contributed by atoms with van der Waals surface area (Å²) in [5, 5.41) is 12.1. The number of aryl methyl sites for hydroxylation is 1. The maximum absolute atomic E-state index is 12.9. The summed E-state index contributed by atoms with van der Waals surface area (Å²) in [7, 11) is 0. The Labute approximate surface area is 137 Å². The van der Waals surface area contributed by atoms with Gasteiger partial charge in [0.05, 0.1) is 6.20 Å². The molecule has 0 unspecified atom stereocenters. The Morgan fingerprint density at radius 1 is 1.30 bits per heavy atom. The number of pyridine rings is 1. The summed E-state index contributed by atoms with van der Waals surface area (Å²) >= 11 is 1.39.